The molecule has 5 heteroatoms. The number of nitrogens with zero attached hydrogens (tertiary/aromatic N) is 1. The van der Waals surface area contributed by atoms with Crippen LogP contribution in [0.2, 0.25) is 5.02 Å². The van der Waals surface area contributed by atoms with Gasteiger partial charge in [-0.1, -0.05) is 23.7 Å². The van der Waals surface area contributed by atoms with E-state index in [-0.39, 0.29) is 12.5 Å². The highest BCUT2D eigenvalue weighted by atomic mass is 35.5. The fourth-order valence-corrected chi connectivity index (χ4v) is 2.38. The Balaban J connectivity index is 1.83. The smallest absolute Gasteiger partial charge is 0.238 e. The number of carbonyl (C=O) groups excluding carboxylic acids is 1. The number of amides is 1. The van der Waals surface area contributed by atoms with Crippen LogP contribution in [0, 0.1) is 0 Å². The Morgan fingerprint density at radius 1 is 1.35 bits per heavy atom. The lowest BCUT2D eigenvalue weighted by atomic mass is 10.3. The molecule has 1 saturated carbocycles. The van der Waals surface area contributed by atoms with Crippen LogP contribution in [0.5, 0.6) is 0 Å². The van der Waals surface area contributed by atoms with Crippen molar-refractivity contribution < 1.29 is 9.90 Å². The predicted octanol–water partition coefficient (Wildman–Crippen LogP) is 2.52. The second kappa shape index (κ2) is 7.62. The molecule has 0 aliphatic heterocycles. The van der Waals surface area contributed by atoms with E-state index in [0.29, 0.717) is 23.3 Å². The van der Waals surface area contributed by atoms with E-state index in [0.717, 1.165) is 19.4 Å². The van der Waals surface area contributed by atoms with Gasteiger partial charge in [-0.25, -0.2) is 0 Å². The van der Waals surface area contributed by atoms with Gasteiger partial charge in [-0.3, -0.25) is 9.69 Å². The Kier molecular flexibility index (Phi) is 5.83. The van der Waals surface area contributed by atoms with Gasteiger partial charge in [0.05, 0.1) is 17.3 Å². The van der Waals surface area contributed by atoms with Crippen molar-refractivity contribution in [2.24, 2.45) is 0 Å². The number of benzene rings is 1. The zero-order chi connectivity index (χ0) is 14.4. The molecule has 0 spiro atoms. The Morgan fingerprint density at radius 3 is 2.75 bits per heavy atom. The molecule has 1 aromatic carbocycles. The predicted molar refractivity (Wildman–Crippen MR) is 81.0 cm³/mol. The molecule has 2 N–H and O–H groups in total. The maximum absolute atomic E-state index is 12.1. The van der Waals surface area contributed by atoms with Crippen molar-refractivity contribution in [2.75, 3.05) is 25.0 Å². The summed E-state index contributed by atoms with van der Waals surface area (Å²) < 4.78 is 0. The summed E-state index contributed by atoms with van der Waals surface area (Å²) in [5.74, 6) is -0.0333. The van der Waals surface area contributed by atoms with Crippen LogP contribution in [0.1, 0.15) is 25.7 Å². The third kappa shape index (κ3) is 4.78. The minimum atomic E-state index is -0.0333. The molecule has 0 bridgehead atoms. The Bertz CT molecular complexity index is 449. The van der Waals surface area contributed by atoms with Crippen LogP contribution in [0.3, 0.4) is 0 Å². The molecular formula is C15H21ClN2O2. The maximum atomic E-state index is 12.1. The van der Waals surface area contributed by atoms with E-state index in [1.165, 1.54) is 12.8 Å². The number of aliphatic hydroxyl groups is 1. The summed E-state index contributed by atoms with van der Waals surface area (Å²) in [4.78, 5) is 14.3. The number of carbonyl (C=O) groups is 1. The van der Waals surface area contributed by atoms with Crippen molar-refractivity contribution in [2.45, 2.75) is 31.7 Å². The van der Waals surface area contributed by atoms with Gasteiger partial charge in [0.1, 0.15) is 0 Å². The molecule has 20 heavy (non-hydrogen) atoms. The van der Waals surface area contributed by atoms with Crippen molar-refractivity contribution in [1.82, 2.24) is 4.90 Å². The fraction of sp³-hybridized carbons (Fsp3) is 0.533. The summed E-state index contributed by atoms with van der Waals surface area (Å²) in [5, 5.41) is 12.2. The van der Waals surface area contributed by atoms with Gasteiger partial charge in [-0.05, 0) is 44.4 Å². The highest BCUT2D eigenvalue weighted by Gasteiger charge is 2.29. The first-order valence-electron chi connectivity index (χ1n) is 7.10. The topological polar surface area (TPSA) is 52.6 Å². The van der Waals surface area contributed by atoms with Crippen LogP contribution in [0.25, 0.3) is 0 Å². The Labute approximate surface area is 124 Å². The summed E-state index contributed by atoms with van der Waals surface area (Å²) in [6.45, 7) is 1.47. The van der Waals surface area contributed by atoms with Gasteiger partial charge in [0, 0.05) is 12.6 Å². The second-order valence-electron chi connectivity index (χ2n) is 5.16. The molecular weight excluding hydrogens is 276 g/mol. The molecule has 110 valence electrons. The minimum Gasteiger partial charge on any atom is -0.396 e. The third-order valence-corrected chi connectivity index (χ3v) is 3.74. The van der Waals surface area contributed by atoms with Gasteiger partial charge in [-0.15, -0.1) is 0 Å². The zero-order valence-electron chi connectivity index (χ0n) is 11.5. The average Bonchev–Trinajstić information content (AvgIpc) is 3.25. The monoisotopic (exact) mass is 296 g/mol. The number of para-hydroxylation sites is 1. The van der Waals surface area contributed by atoms with E-state index in [1.54, 1.807) is 12.1 Å². The zero-order valence-corrected chi connectivity index (χ0v) is 12.3. The number of nitrogens with one attached hydrogen (secondary N) is 1. The molecule has 2 rings (SSSR count). The van der Waals surface area contributed by atoms with Crippen LogP contribution in [0.4, 0.5) is 5.69 Å². The SMILES string of the molecule is O=C(CN(CCCCO)C1CC1)Nc1ccccc1Cl. The third-order valence-electron chi connectivity index (χ3n) is 3.41. The maximum Gasteiger partial charge on any atom is 0.238 e. The number of hydrogen-bond acceptors (Lipinski definition) is 3. The van der Waals surface area contributed by atoms with Crippen LogP contribution in [-0.4, -0.2) is 41.7 Å². The second-order valence-corrected chi connectivity index (χ2v) is 5.57. The van der Waals surface area contributed by atoms with Gasteiger partial charge in [0.15, 0.2) is 0 Å². The highest BCUT2D eigenvalue weighted by Crippen LogP contribution is 2.27. The van der Waals surface area contributed by atoms with E-state index < -0.39 is 0 Å². The molecule has 0 unspecified atom stereocenters. The molecule has 1 aromatic rings. The van der Waals surface area contributed by atoms with E-state index in [1.807, 2.05) is 12.1 Å². The number of rotatable bonds is 8. The molecule has 0 atom stereocenters. The number of unbranched alkanes of at least 4 members (excludes halogenated alkanes) is 1. The summed E-state index contributed by atoms with van der Waals surface area (Å²) in [7, 11) is 0. The summed E-state index contributed by atoms with van der Waals surface area (Å²) in [6, 6.07) is 7.78. The quantitative estimate of drug-likeness (QED) is 0.725. The number of anilines is 1. The lowest BCUT2D eigenvalue weighted by Gasteiger charge is -2.21. The summed E-state index contributed by atoms with van der Waals surface area (Å²) >= 11 is 6.03. The van der Waals surface area contributed by atoms with Crippen molar-refractivity contribution in [3.05, 3.63) is 29.3 Å². The first kappa shape index (κ1) is 15.3. The number of hydrogen-bond donors (Lipinski definition) is 2. The molecule has 1 aliphatic carbocycles. The molecule has 0 heterocycles. The van der Waals surface area contributed by atoms with Gasteiger partial charge in [0.2, 0.25) is 5.91 Å². The van der Waals surface area contributed by atoms with Crippen LogP contribution in [0.15, 0.2) is 24.3 Å². The van der Waals surface area contributed by atoms with E-state index >= 15 is 0 Å². The van der Waals surface area contributed by atoms with Gasteiger partial charge < -0.3 is 10.4 Å². The fourth-order valence-electron chi connectivity index (χ4n) is 2.19. The number of halogens is 1. The first-order valence-corrected chi connectivity index (χ1v) is 7.48. The largest absolute Gasteiger partial charge is 0.396 e. The van der Waals surface area contributed by atoms with Gasteiger partial charge in [-0.2, -0.15) is 0 Å². The molecule has 1 amide bonds. The first-order chi connectivity index (χ1) is 9.70. The lowest BCUT2D eigenvalue weighted by Crippen LogP contribution is -2.35. The highest BCUT2D eigenvalue weighted by molar-refractivity contribution is 6.33. The normalized spacial score (nSPS) is 14.6. The van der Waals surface area contributed by atoms with E-state index in [9.17, 15) is 4.79 Å². The van der Waals surface area contributed by atoms with Crippen molar-refractivity contribution in [1.29, 1.82) is 0 Å². The Hall–Kier alpha value is -1.10. The van der Waals surface area contributed by atoms with E-state index in [4.69, 9.17) is 16.7 Å². The number of aliphatic hydroxyl groups excluding tert-OH is 1. The van der Waals surface area contributed by atoms with Crippen molar-refractivity contribution >= 4 is 23.2 Å². The van der Waals surface area contributed by atoms with Gasteiger partial charge in [0.25, 0.3) is 0 Å². The van der Waals surface area contributed by atoms with Gasteiger partial charge >= 0.3 is 0 Å². The summed E-state index contributed by atoms with van der Waals surface area (Å²) in [5.41, 5.74) is 0.658. The molecule has 0 aromatic heterocycles. The van der Waals surface area contributed by atoms with E-state index in [2.05, 4.69) is 10.2 Å². The lowest BCUT2D eigenvalue weighted by molar-refractivity contribution is -0.117. The van der Waals surface area contributed by atoms with Crippen molar-refractivity contribution in [3.63, 3.8) is 0 Å². The molecule has 1 aliphatic rings. The molecule has 4 nitrogen and oxygen atoms in total. The summed E-state index contributed by atoms with van der Waals surface area (Å²) in [6.07, 6.45) is 4.04. The standard InChI is InChI=1S/C15H21ClN2O2/c16-13-5-1-2-6-14(13)17-15(20)11-18(12-7-8-12)9-3-4-10-19/h1-2,5-6,12,19H,3-4,7-11H2,(H,17,20). The molecule has 0 radical (unpaired) electrons. The van der Waals surface area contributed by atoms with Crippen LogP contribution in [-0.2, 0) is 4.79 Å². The molecule has 0 saturated heterocycles. The minimum absolute atomic E-state index is 0.0333. The molecule has 1 fully saturated rings. The Morgan fingerprint density at radius 2 is 2.10 bits per heavy atom. The van der Waals surface area contributed by atoms with Crippen LogP contribution >= 0.6 is 11.6 Å². The average molecular weight is 297 g/mol. The van der Waals surface area contributed by atoms with Crippen molar-refractivity contribution in [3.8, 4) is 0 Å². The van der Waals surface area contributed by atoms with Crippen LogP contribution < -0.4 is 5.32 Å².